The Balaban J connectivity index is 2.09. The Morgan fingerprint density at radius 2 is 2.00 bits per heavy atom. The van der Waals surface area contributed by atoms with E-state index in [-0.39, 0.29) is 10.8 Å². The smallest absolute Gasteiger partial charge is 0.0718 e. The van der Waals surface area contributed by atoms with Gasteiger partial charge >= 0.3 is 0 Å². The van der Waals surface area contributed by atoms with E-state index < -0.39 is 0 Å². The van der Waals surface area contributed by atoms with E-state index in [2.05, 4.69) is 44.1 Å². The molecule has 19 heavy (non-hydrogen) atoms. The Morgan fingerprint density at radius 3 is 2.68 bits per heavy atom. The van der Waals surface area contributed by atoms with Crippen molar-refractivity contribution < 1.29 is 0 Å². The highest BCUT2D eigenvalue weighted by atomic mass is 32.2. The Kier molecular flexibility index (Phi) is 4.21. The summed E-state index contributed by atoms with van der Waals surface area (Å²) in [6, 6.07) is 8.48. The number of benzene rings is 1. The minimum atomic E-state index is 0.155. The topological polar surface area (TPSA) is 43.8 Å². The third kappa shape index (κ3) is 3.74. The number of aryl methyl sites for hydroxylation is 1. The number of para-hydroxylation sites is 1. The van der Waals surface area contributed by atoms with Gasteiger partial charge in [0.15, 0.2) is 0 Å². The number of hydrogen-bond acceptors (Lipinski definition) is 3. The zero-order valence-electron chi connectivity index (χ0n) is 12.2. The van der Waals surface area contributed by atoms with Crippen LogP contribution in [0, 0.1) is 0 Å². The highest BCUT2D eigenvalue weighted by molar-refractivity contribution is 8.00. The van der Waals surface area contributed by atoms with Crippen LogP contribution in [-0.4, -0.2) is 26.3 Å². The summed E-state index contributed by atoms with van der Waals surface area (Å²) < 4.78 is 2.21. The van der Waals surface area contributed by atoms with Crippen LogP contribution in [0.25, 0.3) is 10.9 Å². The summed E-state index contributed by atoms with van der Waals surface area (Å²) in [5.41, 5.74) is 8.53. The molecule has 1 aromatic carbocycles. The standard InChI is InChI=1S/C15H23N3S/c1-15(2,3)19-10-11(16)9-13-12-7-5-6-8-14(12)18(4)17-13/h5-8,11H,9-10,16H2,1-4H3. The second-order valence-electron chi connectivity index (χ2n) is 5.98. The van der Waals surface area contributed by atoms with Crippen molar-refractivity contribution >= 4 is 22.7 Å². The molecule has 0 radical (unpaired) electrons. The predicted molar refractivity (Wildman–Crippen MR) is 84.6 cm³/mol. The number of hydrogen-bond donors (Lipinski definition) is 1. The fraction of sp³-hybridized carbons (Fsp3) is 0.533. The van der Waals surface area contributed by atoms with Crippen LogP contribution in [0.4, 0.5) is 0 Å². The van der Waals surface area contributed by atoms with Gasteiger partial charge in [-0.15, -0.1) is 0 Å². The second kappa shape index (κ2) is 5.55. The second-order valence-corrected chi connectivity index (χ2v) is 7.82. The molecular formula is C15H23N3S. The van der Waals surface area contributed by atoms with Crippen LogP contribution in [0.1, 0.15) is 26.5 Å². The Hall–Kier alpha value is -1.00. The first kappa shape index (κ1) is 14.4. The number of nitrogens with zero attached hydrogens (tertiary/aromatic N) is 2. The Bertz CT molecular complexity index is 554. The maximum atomic E-state index is 6.24. The molecule has 0 amide bonds. The first-order valence-corrected chi connectivity index (χ1v) is 7.65. The SMILES string of the molecule is Cn1nc(CC(N)CSC(C)(C)C)c2ccccc21. The van der Waals surface area contributed by atoms with Crippen LogP contribution in [-0.2, 0) is 13.5 Å². The van der Waals surface area contributed by atoms with Crippen molar-refractivity contribution in [3.8, 4) is 0 Å². The Morgan fingerprint density at radius 1 is 1.32 bits per heavy atom. The minimum absolute atomic E-state index is 0.155. The van der Waals surface area contributed by atoms with E-state index in [1.165, 1.54) is 10.9 Å². The van der Waals surface area contributed by atoms with Gasteiger partial charge in [0.2, 0.25) is 0 Å². The summed E-state index contributed by atoms with van der Waals surface area (Å²) in [6.07, 6.45) is 0.838. The third-order valence-electron chi connectivity index (χ3n) is 3.02. The number of thioether (sulfide) groups is 1. The third-order valence-corrected chi connectivity index (χ3v) is 4.48. The predicted octanol–water partition coefficient (Wildman–Crippen LogP) is 2.97. The number of aromatic nitrogens is 2. The van der Waals surface area contributed by atoms with Crippen LogP contribution in [0.5, 0.6) is 0 Å². The Labute approximate surface area is 119 Å². The van der Waals surface area contributed by atoms with Gasteiger partial charge in [-0.3, -0.25) is 4.68 Å². The van der Waals surface area contributed by atoms with Crippen molar-refractivity contribution in [2.75, 3.05) is 5.75 Å². The molecule has 0 aliphatic rings. The van der Waals surface area contributed by atoms with Gasteiger partial charge in [-0.2, -0.15) is 16.9 Å². The summed E-state index contributed by atoms with van der Waals surface area (Å²) in [4.78, 5) is 0. The molecule has 0 aliphatic carbocycles. The molecule has 1 atom stereocenters. The average Bonchev–Trinajstić information content (AvgIpc) is 2.64. The largest absolute Gasteiger partial charge is 0.327 e. The van der Waals surface area contributed by atoms with Crippen molar-refractivity contribution in [1.29, 1.82) is 0 Å². The van der Waals surface area contributed by atoms with Crippen molar-refractivity contribution in [3.05, 3.63) is 30.0 Å². The number of fused-ring (bicyclic) bond motifs is 1. The molecule has 1 heterocycles. The van der Waals surface area contributed by atoms with Gasteiger partial charge < -0.3 is 5.73 Å². The van der Waals surface area contributed by atoms with E-state index >= 15 is 0 Å². The lowest BCUT2D eigenvalue weighted by molar-refractivity contribution is 0.694. The molecule has 3 nitrogen and oxygen atoms in total. The molecule has 0 saturated carbocycles. The van der Waals surface area contributed by atoms with E-state index in [0.717, 1.165) is 17.9 Å². The molecule has 0 fully saturated rings. The van der Waals surface area contributed by atoms with Gasteiger partial charge in [0.05, 0.1) is 11.2 Å². The molecule has 0 bridgehead atoms. The van der Waals surface area contributed by atoms with E-state index in [1.54, 1.807) is 0 Å². The van der Waals surface area contributed by atoms with E-state index in [1.807, 2.05) is 29.6 Å². The first-order valence-electron chi connectivity index (χ1n) is 6.67. The van der Waals surface area contributed by atoms with Crippen LogP contribution in [0.3, 0.4) is 0 Å². The van der Waals surface area contributed by atoms with Crippen LogP contribution >= 0.6 is 11.8 Å². The van der Waals surface area contributed by atoms with Crippen molar-refractivity contribution in [2.45, 2.75) is 38.0 Å². The summed E-state index contributed by atoms with van der Waals surface area (Å²) in [7, 11) is 1.99. The molecular weight excluding hydrogens is 254 g/mol. The number of rotatable bonds is 4. The van der Waals surface area contributed by atoms with Gasteiger partial charge in [-0.25, -0.2) is 0 Å². The maximum Gasteiger partial charge on any atom is 0.0718 e. The lowest BCUT2D eigenvalue weighted by Crippen LogP contribution is -2.28. The van der Waals surface area contributed by atoms with Crippen molar-refractivity contribution in [1.82, 2.24) is 9.78 Å². The van der Waals surface area contributed by atoms with Crippen molar-refractivity contribution in [2.24, 2.45) is 12.8 Å². The van der Waals surface area contributed by atoms with Crippen LogP contribution in [0.2, 0.25) is 0 Å². The molecule has 0 saturated heterocycles. The van der Waals surface area contributed by atoms with E-state index in [9.17, 15) is 0 Å². The summed E-state index contributed by atoms with van der Waals surface area (Å²) in [6.45, 7) is 6.67. The summed E-state index contributed by atoms with van der Waals surface area (Å²) >= 11 is 1.91. The minimum Gasteiger partial charge on any atom is -0.327 e. The zero-order chi connectivity index (χ0) is 14.0. The summed E-state index contributed by atoms with van der Waals surface area (Å²) in [5, 5.41) is 5.82. The van der Waals surface area contributed by atoms with Gasteiger partial charge in [0, 0.05) is 35.4 Å². The average molecular weight is 277 g/mol. The monoisotopic (exact) mass is 277 g/mol. The first-order chi connectivity index (χ1) is 8.87. The van der Waals surface area contributed by atoms with Gasteiger partial charge in [0.1, 0.15) is 0 Å². The van der Waals surface area contributed by atoms with Gasteiger partial charge in [-0.1, -0.05) is 39.0 Å². The lowest BCUT2D eigenvalue weighted by Gasteiger charge is -2.20. The molecule has 2 rings (SSSR count). The van der Waals surface area contributed by atoms with Crippen LogP contribution < -0.4 is 5.73 Å². The van der Waals surface area contributed by atoms with Gasteiger partial charge in [0.25, 0.3) is 0 Å². The molecule has 104 valence electrons. The van der Waals surface area contributed by atoms with Gasteiger partial charge in [-0.05, 0) is 6.07 Å². The summed E-state index contributed by atoms with van der Waals surface area (Å²) in [5.74, 6) is 0.967. The fourth-order valence-corrected chi connectivity index (χ4v) is 2.94. The molecule has 2 N–H and O–H groups in total. The highest BCUT2D eigenvalue weighted by Crippen LogP contribution is 2.25. The fourth-order valence-electron chi connectivity index (χ4n) is 2.10. The van der Waals surface area contributed by atoms with E-state index in [0.29, 0.717) is 0 Å². The molecule has 1 aromatic heterocycles. The quantitative estimate of drug-likeness (QED) is 0.934. The maximum absolute atomic E-state index is 6.24. The molecule has 1 unspecified atom stereocenters. The molecule has 2 aromatic rings. The highest BCUT2D eigenvalue weighted by Gasteiger charge is 2.16. The molecule has 0 spiro atoms. The normalized spacial score (nSPS) is 13.9. The number of nitrogens with two attached hydrogens (primary N) is 1. The molecule has 4 heteroatoms. The lowest BCUT2D eigenvalue weighted by atomic mass is 10.1. The van der Waals surface area contributed by atoms with E-state index in [4.69, 9.17) is 5.73 Å². The van der Waals surface area contributed by atoms with Crippen molar-refractivity contribution in [3.63, 3.8) is 0 Å². The molecule has 0 aliphatic heterocycles. The zero-order valence-corrected chi connectivity index (χ0v) is 13.0. The van der Waals surface area contributed by atoms with Crippen LogP contribution in [0.15, 0.2) is 24.3 Å².